The van der Waals surface area contributed by atoms with Gasteiger partial charge in [-0.05, 0) is 47.0 Å². The van der Waals surface area contributed by atoms with Crippen LogP contribution in [0.5, 0.6) is 0 Å². The number of benzene rings is 1. The van der Waals surface area contributed by atoms with Crippen LogP contribution < -0.4 is 4.72 Å². The summed E-state index contributed by atoms with van der Waals surface area (Å²) in [6, 6.07) is 6.07. The smallest absolute Gasteiger partial charge is 0.334 e. The van der Waals surface area contributed by atoms with E-state index in [1.54, 1.807) is 35.2 Å². The highest BCUT2D eigenvalue weighted by Gasteiger charge is 2.46. The minimum absolute atomic E-state index is 0.342. The quantitative estimate of drug-likeness (QED) is 0.752. The minimum Gasteiger partial charge on any atom is -0.334 e. The van der Waals surface area contributed by atoms with E-state index < -0.39 is 28.1 Å². The van der Waals surface area contributed by atoms with Crippen molar-refractivity contribution in [1.29, 1.82) is 0 Å². The highest BCUT2D eigenvalue weighted by molar-refractivity contribution is 9.10. The molecular formula is C16H15BrF3N3O3S. The van der Waals surface area contributed by atoms with Gasteiger partial charge in [0.1, 0.15) is 0 Å². The Morgan fingerprint density at radius 2 is 2.07 bits per heavy atom. The maximum Gasteiger partial charge on any atom is 0.511 e. The van der Waals surface area contributed by atoms with E-state index in [0.29, 0.717) is 40.3 Å². The fourth-order valence-electron chi connectivity index (χ4n) is 3.08. The molecule has 0 bridgehead atoms. The van der Waals surface area contributed by atoms with Crippen LogP contribution in [-0.2, 0) is 10.0 Å². The molecule has 1 aliphatic rings. The van der Waals surface area contributed by atoms with Gasteiger partial charge in [-0.1, -0.05) is 6.07 Å². The van der Waals surface area contributed by atoms with E-state index in [0.717, 1.165) is 0 Å². The number of carbonyl (C=O) groups is 1. The third-order valence-electron chi connectivity index (χ3n) is 4.40. The predicted octanol–water partition coefficient (Wildman–Crippen LogP) is 3.04. The van der Waals surface area contributed by atoms with Crippen molar-refractivity contribution in [3.8, 4) is 0 Å². The van der Waals surface area contributed by atoms with Gasteiger partial charge in [0.25, 0.3) is 5.91 Å². The topological polar surface area (TPSA) is 79.4 Å². The van der Waals surface area contributed by atoms with Gasteiger partial charge < -0.3 is 4.90 Å². The summed E-state index contributed by atoms with van der Waals surface area (Å²) in [6.07, 6.45) is 2.58. The van der Waals surface area contributed by atoms with Crippen LogP contribution >= 0.6 is 15.9 Å². The fourth-order valence-corrected chi connectivity index (χ4v) is 4.11. The molecule has 0 radical (unpaired) electrons. The summed E-state index contributed by atoms with van der Waals surface area (Å²) in [7, 11) is -5.44. The lowest BCUT2D eigenvalue weighted by Gasteiger charge is -2.25. The Bertz CT molecular complexity index is 982. The standard InChI is InChI=1S/C16H15BrF3N3O3S/c17-13-6-5-12(11-4-1-7-21-14(11)13)15(24)23-8-2-3-10(23)9-22-27(25,26)16(18,19)20/h1,4-7,10,22H,2-3,8-9H2/t10-/m0/s1. The number of aromatic nitrogens is 1. The van der Waals surface area contributed by atoms with Gasteiger partial charge in [0.2, 0.25) is 0 Å². The maximum atomic E-state index is 13.0. The first-order valence-corrected chi connectivity index (χ1v) is 10.3. The number of amides is 1. The molecule has 0 saturated carbocycles. The molecule has 2 heterocycles. The fraction of sp³-hybridized carbons (Fsp3) is 0.375. The molecule has 0 spiro atoms. The molecule has 1 aliphatic heterocycles. The molecule has 0 aliphatic carbocycles. The van der Waals surface area contributed by atoms with Crippen LogP contribution in [0, 0.1) is 0 Å². The van der Waals surface area contributed by atoms with E-state index in [2.05, 4.69) is 20.9 Å². The third-order valence-corrected chi connectivity index (χ3v) is 6.20. The molecule has 11 heteroatoms. The highest BCUT2D eigenvalue weighted by atomic mass is 79.9. The normalized spacial score (nSPS) is 18.2. The monoisotopic (exact) mass is 465 g/mol. The van der Waals surface area contributed by atoms with Crippen molar-refractivity contribution < 1.29 is 26.4 Å². The van der Waals surface area contributed by atoms with E-state index in [1.807, 2.05) is 0 Å². The average molecular weight is 466 g/mol. The second-order valence-corrected chi connectivity index (χ2v) is 8.70. The van der Waals surface area contributed by atoms with E-state index >= 15 is 0 Å². The molecule has 1 atom stereocenters. The summed E-state index contributed by atoms with van der Waals surface area (Å²) in [5, 5.41) is 0.610. The number of carbonyl (C=O) groups excluding carboxylic acids is 1. The summed E-state index contributed by atoms with van der Waals surface area (Å²) in [5.74, 6) is -0.366. The number of fused-ring (bicyclic) bond motifs is 1. The summed E-state index contributed by atoms with van der Waals surface area (Å²) in [6.45, 7) is -0.143. The van der Waals surface area contributed by atoms with Crippen LogP contribution in [0.15, 0.2) is 34.9 Å². The molecule has 6 nitrogen and oxygen atoms in total. The van der Waals surface area contributed by atoms with Crippen molar-refractivity contribution in [3.05, 3.63) is 40.5 Å². The van der Waals surface area contributed by atoms with Gasteiger partial charge in [-0.3, -0.25) is 9.78 Å². The number of rotatable bonds is 4. The first-order chi connectivity index (χ1) is 12.6. The van der Waals surface area contributed by atoms with Gasteiger partial charge in [-0.2, -0.15) is 13.2 Å². The van der Waals surface area contributed by atoms with Crippen LogP contribution in [0.1, 0.15) is 23.2 Å². The van der Waals surface area contributed by atoms with Crippen molar-refractivity contribution in [2.24, 2.45) is 0 Å². The minimum atomic E-state index is -5.44. The first-order valence-electron chi connectivity index (χ1n) is 8.02. The molecular weight excluding hydrogens is 451 g/mol. The molecule has 0 unspecified atom stereocenters. The molecule has 1 saturated heterocycles. The summed E-state index contributed by atoms with van der Waals surface area (Å²) >= 11 is 3.37. The zero-order valence-electron chi connectivity index (χ0n) is 13.8. The zero-order chi connectivity index (χ0) is 19.8. The van der Waals surface area contributed by atoms with Gasteiger partial charge in [-0.25, -0.2) is 13.1 Å². The zero-order valence-corrected chi connectivity index (χ0v) is 16.2. The lowest BCUT2D eigenvalue weighted by molar-refractivity contribution is -0.0448. The van der Waals surface area contributed by atoms with Gasteiger partial charge in [-0.15, -0.1) is 0 Å². The Kier molecular flexibility index (Phi) is 5.46. The van der Waals surface area contributed by atoms with Gasteiger partial charge in [0, 0.05) is 40.8 Å². The largest absolute Gasteiger partial charge is 0.511 e. The second kappa shape index (κ2) is 7.36. The summed E-state index contributed by atoms with van der Waals surface area (Å²) in [4.78, 5) is 18.6. The molecule has 1 aromatic heterocycles. The molecule has 1 aromatic carbocycles. The molecule has 1 amide bonds. The number of halogens is 4. The number of alkyl halides is 3. The van der Waals surface area contributed by atoms with Crippen molar-refractivity contribution in [2.75, 3.05) is 13.1 Å². The predicted molar refractivity (Wildman–Crippen MR) is 96.5 cm³/mol. The second-order valence-electron chi connectivity index (χ2n) is 6.09. The van der Waals surface area contributed by atoms with Gasteiger partial charge in [0.15, 0.2) is 0 Å². The highest BCUT2D eigenvalue weighted by Crippen LogP contribution is 2.28. The van der Waals surface area contributed by atoms with Gasteiger partial charge >= 0.3 is 15.5 Å². The van der Waals surface area contributed by atoms with Crippen LogP contribution in [0.3, 0.4) is 0 Å². The van der Waals surface area contributed by atoms with Crippen molar-refractivity contribution in [3.63, 3.8) is 0 Å². The Morgan fingerprint density at radius 3 is 2.78 bits per heavy atom. The Balaban J connectivity index is 1.84. The summed E-state index contributed by atoms with van der Waals surface area (Å²) < 4.78 is 62.2. The van der Waals surface area contributed by atoms with E-state index in [-0.39, 0.29) is 5.91 Å². The Labute approximate surface area is 161 Å². The molecule has 146 valence electrons. The SMILES string of the molecule is O=C(c1ccc(Br)c2ncccc12)N1CCC[C@H]1CNS(=O)(=O)C(F)(F)F. The number of nitrogens with one attached hydrogen (secondary N) is 1. The molecule has 2 aromatic rings. The lowest BCUT2D eigenvalue weighted by atomic mass is 10.1. The number of nitrogens with zero attached hydrogens (tertiary/aromatic N) is 2. The van der Waals surface area contributed by atoms with Crippen LogP contribution in [-0.4, -0.2) is 48.8 Å². The summed E-state index contributed by atoms with van der Waals surface area (Å²) in [5.41, 5.74) is -4.42. The molecule has 3 rings (SSSR count). The Hall–Kier alpha value is -1.72. The number of hydrogen-bond acceptors (Lipinski definition) is 4. The lowest BCUT2D eigenvalue weighted by Crippen LogP contribution is -2.46. The van der Waals surface area contributed by atoms with Crippen LogP contribution in [0.2, 0.25) is 0 Å². The Morgan fingerprint density at radius 1 is 1.33 bits per heavy atom. The molecule has 27 heavy (non-hydrogen) atoms. The maximum absolute atomic E-state index is 13.0. The van der Waals surface area contributed by atoms with E-state index in [1.165, 1.54) is 4.90 Å². The van der Waals surface area contributed by atoms with E-state index in [9.17, 15) is 26.4 Å². The van der Waals surface area contributed by atoms with E-state index in [4.69, 9.17) is 0 Å². The van der Waals surface area contributed by atoms with Crippen molar-refractivity contribution in [2.45, 2.75) is 24.4 Å². The van der Waals surface area contributed by atoms with Crippen LogP contribution in [0.4, 0.5) is 13.2 Å². The molecule has 1 fully saturated rings. The number of pyridine rings is 1. The average Bonchev–Trinajstić information content (AvgIpc) is 3.08. The third kappa shape index (κ3) is 3.94. The number of likely N-dealkylation sites (tertiary alicyclic amines) is 1. The van der Waals surface area contributed by atoms with Gasteiger partial charge in [0.05, 0.1) is 5.52 Å². The first kappa shape index (κ1) is 20.0. The van der Waals surface area contributed by atoms with Crippen LogP contribution in [0.25, 0.3) is 10.9 Å². The number of sulfonamides is 1. The van der Waals surface area contributed by atoms with Crippen molar-refractivity contribution >= 4 is 42.8 Å². The van der Waals surface area contributed by atoms with Crippen molar-refractivity contribution in [1.82, 2.24) is 14.6 Å². The number of hydrogen-bond donors (Lipinski definition) is 1. The molecule has 1 N–H and O–H groups in total.